The van der Waals surface area contributed by atoms with Crippen molar-refractivity contribution in [3.63, 3.8) is 0 Å². The molecule has 0 aromatic heterocycles. The van der Waals surface area contributed by atoms with Crippen molar-refractivity contribution in [3.8, 4) is 17.2 Å². The molecule has 0 spiro atoms. The molecule has 3 aromatic rings. The first kappa shape index (κ1) is 77.1. The van der Waals surface area contributed by atoms with Crippen molar-refractivity contribution in [2.75, 3.05) is 113 Å². The first-order chi connectivity index (χ1) is 43.2. The summed E-state index contributed by atoms with van der Waals surface area (Å²) in [7, 11) is 1.02. The number of hydrogen-bond donors (Lipinski definition) is 9. The van der Waals surface area contributed by atoms with Crippen LogP contribution < -0.4 is 56.7 Å². The van der Waals surface area contributed by atoms with E-state index in [-0.39, 0.29) is 151 Å². The molecule has 3 rings (SSSR count). The molecule has 0 aliphatic heterocycles. The van der Waals surface area contributed by atoms with Crippen molar-refractivity contribution >= 4 is 54.9 Å². The number of carbonyl (C=O) groups is 8. The van der Waals surface area contributed by atoms with E-state index in [1.165, 1.54) is 21.3 Å². The topological polar surface area (TPSA) is 335 Å². The minimum Gasteiger partial charge on any atom is -0.497 e. The first-order valence-corrected chi connectivity index (χ1v) is 32.7. The van der Waals surface area contributed by atoms with Crippen LogP contribution in [0, 0.1) is 11.8 Å². The van der Waals surface area contributed by atoms with Crippen molar-refractivity contribution in [1.29, 1.82) is 0 Å². The Morgan fingerprint density at radius 2 is 0.800 bits per heavy atom. The first-order valence-electron chi connectivity index (χ1n) is 31.1. The highest BCUT2D eigenvalue weighted by molar-refractivity contribution is 7.53. The Bertz CT molecular complexity index is 2450. The molecule has 0 radical (unpaired) electrons. The molecule has 26 heteroatoms. The third-order valence-corrected chi connectivity index (χ3v) is 16.1. The summed E-state index contributed by atoms with van der Waals surface area (Å²) >= 11 is 0. The Labute approximate surface area is 530 Å². The predicted molar refractivity (Wildman–Crippen MR) is 341 cm³/mol. The quantitative estimate of drug-likeness (QED) is 0.0244. The van der Waals surface area contributed by atoms with Crippen LogP contribution in [0.4, 0.5) is 0 Å². The number of unbranched alkanes of at least 4 members (excludes halogenated alkanes) is 3. The van der Waals surface area contributed by atoms with Crippen LogP contribution in [-0.4, -0.2) is 177 Å². The fourth-order valence-corrected chi connectivity index (χ4v) is 9.45. The highest BCUT2D eigenvalue weighted by Gasteiger charge is 2.34. The Morgan fingerprint density at radius 3 is 1.17 bits per heavy atom. The number of nitrogens with one attached hydrogen (secondary N) is 8. The van der Waals surface area contributed by atoms with Crippen LogP contribution in [0.2, 0.25) is 0 Å². The number of benzene rings is 3. The molecule has 0 aliphatic carbocycles. The molecule has 90 heavy (non-hydrogen) atoms. The van der Waals surface area contributed by atoms with Gasteiger partial charge in [-0.05, 0) is 124 Å². The Morgan fingerprint density at radius 1 is 0.444 bits per heavy atom. The van der Waals surface area contributed by atoms with Crippen molar-refractivity contribution in [2.24, 2.45) is 11.8 Å². The van der Waals surface area contributed by atoms with Crippen molar-refractivity contribution in [1.82, 2.24) is 42.5 Å². The van der Waals surface area contributed by atoms with Gasteiger partial charge in [0.2, 0.25) is 29.5 Å². The normalized spacial score (nSPS) is 12.5. The summed E-state index contributed by atoms with van der Waals surface area (Å²) in [5.74, 6) is -0.701. The van der Waals surface area contributed by atoms with Crippen LogP contribution in [0.1, 0.15) is 142 Å². The van der Waals surface area contributed by atoms with Gasteiger partial charge in [0, 0.05) is 94.1 Å². The molecular weight excluding hydrogens is 1180 g/mol. The molecule has 3 atom stereocenters. The lowest BCUT2D eigenvalue weighted by Gasteiger charge is -2.34. The van der Waals surface area contributed by atoms with E-state index in [1.807, 2.05) is 13.8 Å². The lowest BCUT2D eigenvalue weighted by molar-refractivity contribution is -0.131. The van der Waals surface area contributed by atoms with E-state index in [4.69, 9.17) is 32.9 Å². The lowest BCUT2D eigenvalue weighted by Crippen LogP contribution is -2.58. The summed E-state index contributed by atoms with van der Waals surface area (Å²) < 4.78 is 51.0. The SMILES string of the molecule is COc1ccc(C(=O)NCCCNC(=O)CCOCC(COCCC(=O)NCCCNC(=O)c2ccc(OC)cc2)(COCCC(=O)NCCCNC(=O)c2ccc(OC)cc2)NC(=O)CCC(C)CC(C)C(=O)NCCCCCCOP(=O)(O)C(C)C)cc1. The second kappa shape index (κ2) is 44.3. The van der Waals surface area contributed by atoms with E-state index < -0.39 is 18.8 Å². The number of rotatable bonds is 49. The maximum Gasteiger partial charge on any atom is 0.330 e. The van der Waals surface area contributed by atoms with E-state index in [0.29, 0.717) is 98.6 Å². The van der Waals surface area contributed by atoms with E-state index in [9.17, 15) is 47.8 Å². The number of methoxy groups -OCH3 is 3. The van der Waals surface area contributed by atoms with Gasteiger partial charge in [-0.15, -0.1) is 0 Å². The number of hydrogen-bond acceptors (Lipinski definition) is 16. The third kappa shape index (κ3) is 33.1. The van der Waals surface area contributed by atoms with Crippen LogP contribution in [0.15, 0.2) is 72.8 Å². The maximum absolute atomic E-state index is 14.0. The number of ether oxygens (including phenoxy) is 6. The second-order valence-electron chi connectivity index (χ2n) is 22.3. The molecule has 25 nitrogen and oxygen atoms in total. The standard InChI is InChI=1S/C64H99N8O17P/c1-47(2)90(81,82)89-39-11-9-8-10-32-68-60(77)49(4)43-48(3)15-28-59(76)72-64(44-86-40-29-56(73)65-33-12-36-69-61(78)50-16-22-53(83-5)23-17-50,45-87-41-30-57(74)66-34-13-37-70-62(79)51-18-24-54(84-6)25-19-51)46-88-42-31-58(75)67-35-14-38-71-63(80)52-20-26-55(85-7)27-21-52/h16-27,47-49H,8-15,28-46H2,1-7H3,(H,65,73)(H,66,74)(H,67,75)(H,68,77)(H,69,78)(H,70,79)(H,71,80)(H,72,76)(H,81,82). The van der Waals surface area contributed by atoms with E-state index in [0.717, 1.165) is 19.3 Å². The smallest absolute Gasteiger partial charge is 0.330 e. The van der Waals surface area contributed by atoms with E-state index >= 15 is 0 Å². The predicted octanol–water partition coefficient (Wildman–Crippen LogP) is 5.63. The molecular formula is C64H99N8O17P. The molecule has 0 fully saturated rings. The molecule has 8 amide bonds. The maximum atomic E-state index is 14.0. The van der Waals surface area contributed by atoms with Gasteiger partial charge in [0.05, 0.1) is 73.2 Å². The van der Waals surface area contributed by atoms with Crippen LogP contribution in [0.3, 0.4) is 0 Å². The molecule has 3 aromatic carbocycles. The van der Waals surface area contributed by atoms with E-state index in [2.05, 4.69) is 42.5 Å². The number of carbonyl (C=O) groups excluding carboxylic acids is 8. The van der Waals surface area contributed by atoms with E-state index in [1.54, 1.807) is 86.6 Å². The van der Waals surface area contributed by atoms with Crippen LogP contribution >= 0.6 is 7.60 Å². The molecule has 0 saturated carbocycles. The van der Waals surface area contributed by atoms with Gasteiger partial charge in [0.25, 0.3) is 17.7 Å². The van der Waals surface area contributed by atoms with Crippen molar-refractivity contribution in [2.45, 2.75) is 122 Å². The van der Waals surface area contributed by atoms with Gasteiger partial charge in [0.15, 0.2) is 0 Å². The average molecular weight is 1280 g/mol. The van der Waals surface area contributed by atoms with Gasteiger partial charge in [0.1, 0.15) is 22.8 Å². The summed E-state index contributed by atoms with van der Waals surface area (Å²) in [4.78, 5) is 114. The zero-order chi connectivity index (χ0) is 66.0. The van der Waals surface area contributed by atoms with Crippen molar-refractivity contribution < 1.29 is 80.8 Å². The van der Waals surface area contributed by atoms with Gasteiger partial charge in [-0.2, -0.15) is 0 Å². The van der Waals surface area contributed by atoms with Gasteiger partial charge in [-0.1, -0.05) is 40.5 Å². The largest absolute Gasteiger partial charge is 0.497 e. The molecule has 502 valence electrons. The minimum absolute atomic E-state index is 0.0437. The highest BCUT2D eigenvalue weighted by atomic mass is 31.2. The van der Waals surface area contributed by atoms with Gasteiger partial charge >= 0.3 is 7.60 Å². The van der Waals surface area contributed by atoms with Gasteiger partial charge in [-0.25, -0.2) is 0 Å². The summed E-state index contributed by atoms with van der Waals surface area (Å²) in [6.45, 7) is 8.75. The average Bonchev–Trinajstić information content (AvgIpc) is 2.09. The monoisotopic (exact) mass is 1280 g/mol. The summed E-state index contributed by atoms with van der Waals surface area (Å²) in [6, 6.07) is 20.1. The van der Waals surface area contributed by atoms with Crippen molar-refractivity contribution in [3.05, 3.63) is 89.5 Å². The zero-order valence-corrected chi connectivity index (χ0v) is 54.6. The Hall–Kier alpha value is -7.15. The Kier molecular flexibility index (Phi) is 38.0. The van der Waals surface area contributed by atoms with Crippen LogP contribution in [0.5, 0.6) is 17.2 Å². The molecule has 3 unspecified atom stereocenters. The molecule has 0 heterocycles. The third-order valence-electron chi connectivity index (χ3n) is 14.3. The summed E-state index contributed by atoms with van der Waals surface area (Å²) in [6.07, 6.45) is 5.19. The number of amides is 8. The molecule has 9 N–H and O–H groups in total. The van der Waals surface area contributed by atoms with Gasteiger partial charge < -0.3 is 80.4 Å². The summed E-state index contributed by atoms with van der Waals surface area (Å²) in [5, 5.41) is 23.0. The Balaban J connectivity index is 1.62. The van der Waals surface area contributed by atoms with Gasteiger partial charge in [-0.3, -0.25) is 42.9 Å². The minimum atomic E-state index is -3.60. The van der Waals surface area contributed by atoms with Crippen LogP contribution in [-0.2, 0) is 47.3 Å². The second-order valence-corrected chi connectivity index (χ2v) is 24.7. The zero-order valence-electron chi connectivity index (χ0n) is 53.7. The highest BCUT2D eigenvalue weighted by Crippen LogP contribution is 2.47. The fraction of sp³-hybridized carbons (Fsp3) is 0.594. The molecule has 0 saturated heterocycles. The summed E-state index contributed by atoms with van der Waals surface area (Å²) in [5.41, 5.74) is -0.439. The molecule has 0 bridgehead atoms. The van der Waals surface area contributed by atoms with Crippen LogP contribution in [0.25, 0.3) is 0 Å². The lowest BCUT2D eigenvalue weighted by atomic mass is 9.92. The molecule has 0 aliphatic rings. The fourth-order valence-electron chi connectivity index (χ4n) is 8.76.